The summed E-state index contributed by atoms with van der Waals surface area (Å²) in [4.78, 5) is 10.5. The van der Waals surface area contributed by atoms with Crippen molar-refractivity contribution in [3.8, 4) is 0 Å². The Bertz CT molecular complexity index is 503. The van der Waals surface area contributed by atoms with Gasteiger partial charge in [-0.05, 0) is 18.2 Å². The molecule has 1 aromatic rings. The van der Waals surface area contributed by atoms with E-state index in [2.05, 4.69) is 0 Å². The molecule has 5 nitrogen and oxygen atoms in total. The van der Waals surface area contributed by atoms with Gasteiger partial charge in [0.05, 0.1) is 11.3 Å². The van der Waals surface area contributed by atoms with E-state index in [0.29, 0.717) is 0 Å². The lowest BCUT2D eigenvalue weighted by molar-refractivity contribution is 0.0697. The van der Waals surface area contributed by atoms with Crippen molar-refractivity contribution in [1.29, 1.82) is 0 Å². The van der Waals surface area contributed by atoms with Crippen LogP contribution in [0.25, 0.3) is 0 Å². The first-order valence-electron chi connectivity index (χ1n) is 3.96. The van der Waals surface area contributed by atoms with Crippen LogP contribution in [0, 0.1) is 0 Å². The number of sulfonamides is 1. The summed E-state index contributed by atoms with van der Waals surface area (Å²) >= 11 is 0. The number of nitrogens with zero attached hydrogens (tertiary/aromatic N) is 1. The van der Waals surface area contributed by atoms with Crippen LogP contribution < -0.4 is 4.53 Å². The molecule has 1 N–H and O–H groups in total. The lowest BCUT2D eigenvalue weighted by atomic mass is 10.2. The Morgan fingerprint density at radius 1 is 1.44 bits per heavy atom. The molecule has 0 aliphatic rings. The molecule has 0 spiro atoms. The molecule has 0 aromatic heterocycles. The summed E-state index contributed by atoms with van der Waals surface area (Å²) in [5.74, 6) is -1.34. The number of carbonyl (C=O) groups is 1. The number of rotatable bonds is 4. The third-order valence-electron chi connectivity index (χ3n) is 1.68. The second kappa shape index (κ2) is 4.44. The van der Waals surface area contributed by atoms with Gasteiger partial charge < -0.3 is 5.11 Å². The zero-order valence-corrected chi connectivity index (χ0v) is 8.62. The minimum Gasteiger partial charge on any atom is -0.478 e. The summed E-state index contributed by atoms with van der Waals surface area (Å²) in [7, 11) is -4.69. The first kappa shape index (κ1) is 12.4. The van der Waals surface area contributed by atoms with Gasteiger partial charge in [0.1, 0.15) is 0 Å². The molecule has 0 heterocycles. The molecule has 0 bridgehead atoms. The van der Waals surface area contributed by atoms with E-state index in [1.165, 1.54) is 0 Å². The van der Waals surface area contributed by atoms with Gasteiger partial charge in [0.2, 0.25) is 6.01 Å². The SMILES string of the molecule is O=C(O)c1cccc(N(F)S(=O)(=O)CF)c1. The van der Waals surface area contributed by atoms with Crippen LogP contribution in [-0.2, 0) is 10.0 Å². The molecule has 1 rings (SSSR count). The maximum absolute atomic E-state index is 13.2. The maximum atomic E-state index is 13.2. The number of halogens is 2. The highest BCUT2D eigenvalue weighted by atomic mass is 32.2. The van der Waals surface area contributed by atoms with Gasteiger partial charge in [-0.3, -0.25) is 0 Å². The fraction of sp³-hybridized carbons (Fsp3) is 0.125. The van der Waals surface area contributed by atoms with Crippen LogP contribution in [0.3, 0.4) is 0 Å². The number of benzene rings is 1. The molecule has 0 amide bonds. The number of carboxylic acid groups (broad SMARTS) is 1. The highest BCUT2D eigenvalue weighted by Gasteiger charge is 2.23. The van der Waals surface area contributed by atoms with E-state index in [-0.39, 0.29) is 5.56 Å². The van der Waals surface area contributed by atoms with Gasteiger partial charge >= 0.3 is 5.97 Å². The van der Waals surface area contributed by atoms with Gasteiger partial charge in [-0.15, -0.1) is 0 Å². The van der Waals surface area contributed by atoms with E-state index < -0.39 is 32.2 Å². The average Bonchev–Trinajstić information content (AvgIpc) is 2.28. The number of aromatic carboxylic acids is 1. The monoisotopic (exact) mass is 251 g/mol. The predicted octanol–water partition coefficient (Wildman–Crippen LogP) is 1.33. The van der Waals surface area contributed by atoms with Crippen LogP contribution in [0.4, 0.5) is 14.6 Å². The zero-order chi connectivity index (χ0) is 12.3. The van der Waals surface area contributed by atoms with Gasteiger partial charge in [0.15, 0.2) is 0 Å². The molecule has 8 heteroatoms. The van der Waals surface area contributed by atoms with E-state index in [0.717, 1.165) is 24.3 Å². The van der Waals surface area contributed by atoms with Crippen LogP contribution >= 0.6 is 0 Å². The lowest BCUT2D eigenvalue weighted by Gasteiger charge is -2.11. The van der Waals surface area contributed by atoms with E-state index in [9.17, 15) is 22.1 Å². The zero-order valence-electron chi connectivity index (χ0n) is 7.80. The molecule has 0 saturated heterocycles. The van der Waals surface area contributed by atoms with Gasteiger partial charge in [-0.2, -0.15) is 0 Å². The van der Waals surface area contributed by atoms with Crippen LogP contribution in [0.1, 0.15) is 10.4 Å². The lowest BCUT2D eigenvalue weighted by Crippen LogP contribution is -2.23. The van der Waals surface area contributed by atoms with Crippen molar-refractivity contribution in [2.45, 2.75) is 0 Å². The van der Waals surface area contributed by atoms with Crippen molar-refractivity contribution in [1.82, 2.24) is 0 Å². The maximum Gasteiger partial charge on any atom is 0.335 e. The molecule has 0 aliphatic carbocycles. The van der Waals surface area contributed by atoms with Crippen molar-refractivity contribution in [3.05, 3.63) is 29.8 Å². The van der Waals surface area contributed by atoms with E-state index in [4.69, 9.17) is 5.11 Å². The Hall–Kier alpha value is -1.70. The first-order valence-corrected chi connectivity index (χ1v) is 5.57. The molecule has 0 unspecified atom stereocenters. The van der Waals surface area contributed by atoms with Crippen molar-refractivity contribution in [2.24, 2.45) is 0 Å². The molecular formula is C8H7F2NO4S. The highest BCUT2D eigenvalue weighted by Crippen LogP contribution is 2.20. The minimum absolute atomic E-state index is 0.297. The summed E-state index contributed by atoms with van der Waals surface area (Å²) in [6, 6.07) is 2.21. The van der Waals surface area contributed by atoms with Gasteiger partial charge in [0.25, 0.3) is 10.0 Å². The topological polar surface area (TPSA) is 74.7 Å². The molecule has 1 aromatic carbocycles. The fourth-order valence-electron chi connectivity index (χ4n) is 0.952. The van der Waals surface area contributed by atoms with Crippen molar-refractivity contribution in [2.75, 3.05) is 10.5 Å². The minimum atomic E-state index is -4.69. The second-order valence-corrected chi connectivity index (χ2v) is 4.49. The van der Waals surface area contributed by atoms with Crippen LogP contribution in [0.5, 0.6) is 0 Å². The largest absolute Gasteiger partial charge is 0.478 e. The Morgan fingerprint density at radius 2 is 2.06 bits per heavy atom. The van der Waals surface area contributed by atoms with Crippen molar-refractivity contribution in [3.63, 3.8) is 0 Å². The number of hydrogen-bond acceptors (Lipinski definition) is 3. The van der Waals surface area contributed by atoms with E-state index >= 15 is 0 Å². The molecular weight excluding hydrogens is 244 g/mol. The Balaban J connectivity index is 3.15. The smallest absolute Gasteiger partial charge is 0.335 e. The normalized spacial score (nSPS) is 11.1. The first-order chi connectivity index (χ1) is 7.38. The van der Waals surface area contributed by atoms with Gasteiger partial charge in [-0.1, -0.05) is 15.1 Å². The standard InChI is InChI=1S/C8H7F2NO4S/c9-5-16(14,15)11(10)7-3-1-2-6(4-7)8(12)13/h1-4H,5H2,(H,12,13). The summed E-state index contributed by atoms with van der Waals surface area (Å²) in [5, 5.41) is 8.59. The summed E-state index contributed by atoms with van der Waals surface area (Å²) in [6.07, 6.45) is 0. The summed E-state index contributed by atoms with van der Waals surface area (Å²) in [5.41, 5.74) is -0.855. The molecule has 0 aliphatic heterocycles. The Kier molecular flexibility index (Phi) is 3.43. The fourth-order valence-corrected chi connectivity index (χ4v) is 1.47. The summed E-state index contributed by atoms with van der Waals surface area (Å²) < 4.78 is 46.0. The average molecular weight is 251 g/mol. The van der Waals surface area contributed by atoms with Gasteiger partial charge in [-0.25, -0.2) is 17.6 Å². The second-order valence-electron chi connectivity index (χ2n) is 2.79. The predicted molar refractivity (Wildman–Crippen MR) is 51.9 cm³/mol. The molecule has 16 heavy (non-hydrogen) atoms. The number of alkyl halides is 1. The quantitative estimate of drug-likeness (QED) is 0.819. The third-order valence-corrected chi connectivity index (χ3v) is 2.65. The van der Waals surface area contributed by atoms with Crippen LogP contribution in [0.15, 0.2) is 24.3 Å². The van der Waals surface area contributed by atoms with E-state index in [1.54, 1.807) is 0 Å². The van der Waals surface area contributed by atoms with Crippen LogP contribution in [-0.4, -0.2) is 25.5 Å². The number of anilines is 1. The highest BCUT2D eigenvalue weighted by molar-refractivity contribution is 7.92. The number of carboxylic acids is 1. The molecule has 0 radical (unpaired) electrons. The molecule has 0 fully saturated rings. The third kappa shape index (κ3) is 2.45. The number of hydrogen-bond donors (Lipinski definition) is 1. The van der Waals surface area contributed by atoms with E-state index in [1.807, 2.05) is 0 Å². The summed E-state index contributed by atoms with van der Waals surface area (Å²) in [6.45, 7) is 0. The van der Waals surface area contributed by atoms with Crippen molar-refractivity contribution < 1.29 is 27.2 Å². The molecule has 0 saturated carbocycles. The molecule has 0 atom stereocenters. The van der Waals surface area contributed by atoms with Crippen LogP contribution in [0.2, 0.25) is 0 Å². The van der Waals surface area contributed by atoms with Crippen molar-refractivity contribution >= 4 is 21.7 Å². The Morgan fingerprint density at radius 3 is 2.56 bits per heavy atom. The Labute approximate surface area is 89.9 Å². The molecule has 88 valence electrons. The van der Waals surface area contributed by atoms with Gasteiger partial charge in [0, 0.05) is 0 Å².